The molecule has 0 radical (unpaired) electrons. The Morgan fingerprint density at radius 2 is 0.680 bits per heavy atom. The van der Waals surface area contributed by atoms with E-state index in [1.165, 1.54) is 116 Å². The largest absolute Gasteiger partial charge is 0.394 e. The number of nitrogens with one attached hydrogen (secondary N) is 1. The number of amides is 1. The van der Waals surface area contributed by atoms with Crippen LogP contribution >= 0.6 is 0 Å². The van der Waals surface area contributed by atoms with E-state index in [1.54, 1.807) is 6.08 Å². The molecule has 3 aliphatic rings. The van der Waals surface area contributed by atoms with Gasteiger partial charge in [-0.2, -0.15) is 0 Å². The summed E-state index contributed by atoms with van der Waals surface area (Å²) in [6, 6.07) is -1.01. The standard InChI is InChI=1S/C84H141NO18/c1-3-5-7-9-11-13-15-17-19-21-23-24-25-26-27-28-29-30-31-32-33-34-35-36-37-38-39-40-41-42-44-46-48-50-52-54-56-58-60-62-72(90)85-67(68(89)61-59-57-55-53-51-49-47-45-43-22-20-18-16-14-12-10-8-6-4-2)66-98-82-78(96)75(93)80(70(64-87)100-82)103-84-79(97)76(94)81(71(65-88)101-84)102-83-77(95)74(92)73(91)69(63-86)99-83/h5,7,11,13,17,19,23-24,26-27,29-30,32-33,35-36,43,45,51,53,59,61,67-71,73-84,86-89,91-97H,3-4,6,8-10,12,14-16,18,20-22,25,28,31,34,37-42,44,46-50,52,54-58,60,62-66H2,1-2H3,(H,85,90)/b7-5-,13-11-,19-17-,24-23-,27-26-,30-29-,33-32-,36-35-,45-43+,53-51+,61-59+. The summed E-state index contributed by atoms with van der Waals surface area (Å²) in [5, 5.41) is 121. The van der Waals surface area contributed by atoms with E-state index in [4.69, 9.17) is 28.4 Å². The van der Waals surface area contributed by atoms with Crippen molar-refractivity contribution in [2.45, 2.75) is 362 Å². The summed E-state index contributed by atoms with van der Waals surface area (Å²) >= 11 is 0. The van der Waals surface area contributed by atoms with Gasteiger partial charge in [-0.05, 0) is 109 Å². The van der Waals surface area contributed by atoms with Crippen LogP contribution in [0.15, 0.2) is 134 Å². The van der Waals surface area contributed by atoms with Crippen LogP contribution < -0.4 is 5.32 Å². The van der Waals surface area contributed by atoms with Crippen LogP contribution in [0.25, 0.3) is 0 Å². The second kappa shape index (κ2) is 62.9. The average molecular weight is 1450 g/mol. The van der Waals surface area contributed by atoms with E-state index in [0.717, 1.165) is 109 Å². The minimum absolute atomic E-state index is 0.224. The van der Waals surface area contributed by atoms with Crippen molar-refractivity contribution in [2.75, 3.05) is 26.4 Å². The summed E-state index contributed by atoms with van der Waals surface area (Å²) in [4.78, 5) is 13.5. The Bertz CT molecular complexity index is 2380. The van der Waals surface area contributed by atoms with Gasteiger partial charge in [0.2, 0.25) is 5.91 Å². The van der Waals surface area contributed by atoms with Gasteiger partial charge in [0.25, 0.3) is 0 Å². The van der Waals surface area contributed by atoms with Crippen LogP contribution in [0.4, 0.5) is 0 Å². The van der Waals surface area contributed by atoms with E-state index in [-0.39, 0.29) is 18.9 Å². The molecule has 19 nitrogen and oxygen atoms in total. The number of rotatable bonds is 61. The Kier molecular flexibility index (Phi) is 56.9. The van der Waals surface area contributed by atoms with Gasteiger partial charge in [0.05, 0.1) is 38.6 Å². The molecule has 12 N–H and O–H groups in total. The fourth-order valence-corrected chi connectivity index (χ4v) is 12.5. The van der Waals surface area contributed by atoms with Crippen molar-refractivity contribution < 1.29 is 89.4 Å². The molecule has 0 saturated carbocycles. The first-order valence-corrected chi connectivity index (χ1v) is 39.9. The second-order valence-electron chi connectivity index (χ2n) is 27.8. The molecule has 0 aromatic rings. The molecule has 103 heavy (non-hydrogen) atoms. The van der Waals surface area contributed by atoms with E-state index in [0.29, 0.717) is 12.8 Å². The second-order valence-corrected chi connectivity index (χ2v) is 27.8. The molecular weight excluding hydrogens is 1310 g/mol. The summed E-state index contributed by atoms with van der Waals surface area (Å²) in [6.07, 6.45) is 62.9. The summed E-state index contributed by atoms with van der Waals surface area (Å²) in [5.41, 5.74) is 0. The summed E-state index contributed by atoms with van der Waals surface area (Å²) in [5.74, 6) is -0.294. The Labute approximate surface area is 620 Å². The highest BCUT2D eigenvalue weighted by Gasteiger charge is 2.53. The zero-order chi connectivity index (χ0) is 74.6. The molecule has 0 bridgehead atoms. The fraction of sp³-hybridized carbons (Fsp3) is 0.726. The van der Waals surface area contributed by atoms with Crippen molar-refractivity contribution in [3.63, 3.8) is 0 Å². The topological polar surface area (TPSA) is 307 Å². The van der Waals surface area contributed by atoms with Crippen molar-refractivity contribution in [1.82, 2.24) is 5.32 Å². The lowest BCUT2D eigenvalue weighted by Crippen LogP contribution is -2.66. The highest BCUT2D eigenvalue weighted by molar-refractivity contribution is 5.76. The van der Waals surface area contributed by atoms with Crippen LogP contribution in [-0.2, 0) is 33.2 Å². The summed E-state index contributed by atoms with van der Waals surface area (Å²) in [7, 11) is 0. The minimum atomic E-state index is -1.99. The first kappa shape index (κ1) is 93.1. The van der Waals surface area contributed by atoms with Crippen LogP contribution in [0.5, 0.6) is 0 Å². The quantitative estimate of drug-likeness (QED) is 0.0199. The highest BCUT2D eigenvalue weighted by Crippen LogP contribution is 2.33. The fourth-order valence-electron chi connectivity index (χ4n) is 12.5. The predicted octanol–water partition coefficient (Wildman–Crippen LogP) is 13.3. The Hall–Kier alpha value is -4.07. The first-order chi connectivity index (χ1) is 50.3. The molecule has 590 valence electrons. The predicted molar refractivity (Wildman–Crippen MR) is 410 cm³/mol. The van der Waals surface area contributed by atoms with Crippen LogP contribution in [0.3, 0.4) is 0 Å². The number of hydrogen-bond acceptors (Lipinski definition) is 18. The van der Waals surface area contributed by atoms with Crippen LogP contribution in [0, 0.1) is 0 Å². The zero-order valence-corrected chi connectivity index (χ0v) is 63.0. The Morgan fingerprint density at radius 1 is 0.359 bits per heavy atom. The minimum Gasteiger partial charge on any atom is -0.394 e. The molecule has 0 aromatic carbocycles. The average Bonchev–Trinajstić information content (AvgIpc) is 0.781. The van der Waals surface area contributed by atoms with Crippen LogP contribution in [0.2, 0.25) is 0 Å². The maximum Gasteiger partial charge on any atom is 0.220 e. The van der Waals surface area contributed by atoms with Gasteiger partial charge < -0.3 is 89.9 Å². The molecule has 0 aliphatic carbocycles. The van der Waals surface area contributed by atoms with E-state index in [9.17, 15) is 61.0 Å². The zero-order valence-electron chi connectivity index (χ0n) is 63.0. The van der Waals surface area contributed by atoms with Gasteiger partial charge in [0.1, 0.15) is 73.2 Å². The SMILES string of the molecule is CC/C=C\C/C=C\C/C=C\C/C=C\C/C=C\C/C=C\C/C=C\C/C=C\CCCCCCCCCCCCCCCCC(=O)NC(COC1OC(CO)C(OC2OC(CO)C(OC3OC(CO)C(O)C(O)C3O)C(O)C2O)C(O)C1O)C(O)/C=C/CC/C=C/CC/C=C/CCCCCCCCCCC. The van der Waals surface area contributed by atoms with Gasteiger partial charge in [-0.3, -0.25) is 4.79 Å². The van der Waals surface area contributed by atoms with Gasteiger partial charge in [0, 0.05) is 6.42 Å². The number of allylic oxidation sites excluding steroid dienone is 21. The Balaban J connectivity index is 1.35. The normalized spacial score (nSPS) is 26.8. The van der Waals surface area contributed by atoms with E-state index < -0.39 is 124 Å². The third-order valence-electron chi connectivity index (χ3n) is 18.9. The molecule has 3 heterocycles. The third-order valence-corrected chi connectivity index (χ3v) is 18.9. The van der Waals surface area contributed by atoms with Crippen molar-refractivity contribution >= 4 is 5.91 Å². The first-order valence-electron chi connectivity index (χ1n) is 39.9. The highest BCUT2D eigenvalue weighted by atomic mass is 16.8. The van der Waals surface area contributed by atoms with Crippen molar-refractivity contribution in [3.05, 3.63) is 134 Å². The molecule has 0 aromatic heterocycles. The molecule has 0 spiro atoms. The maximum absolute atomic E-state index is 13.5. The molecule has 3 saturated heterocycles. The van der Waals surface area contributed by atoms with Gasteiger partial charge in [-0.25, -0.2) is 0 Å². The third kappa shape index (κ3) is 42.9. The molecule has 17 atom stereocenters. The molecule has 17 unspecified atom stereocenters. The summed E-state index contributed by atoms with van der Waals surface area (Å²) in [6.45, 7) is 1.59. The number of aliphatic hydroxyl groups is 11. The van der Waals surface area contributed by atoms with E-state index >= 15 is 0 Å². The lowest BCUT2D eigenvalue weighted by Gasteiger charge is -2.48. The van der Waals surface area contributed by atoms with Crippen LogP contribution in [0.1, 0.15) is 258 Å². The lowest BCUT2D eigenvalue weighted by molar-refractivity contribution is -0.379. The Morgan fingerprint density at radius 3 is 1.09 bits per heavy atom. The smallest absolute Gasteiger partial charge is 0.220 e. The van der Waals surface area contributed by atoms with Gasteiger partial charge in [-0.15, -0.1) is 0 Å². The molecule has 3 fully saturated rings. The summed E-state index contributed by atoms with van der Waals surface area (Å²) < 4.78 is 34.4. The number of unbranched alkanes of at least 4 members (excludes halogenated alkanes) is 25. The number of hydrogen-bond donors (Lipinski definition) is 12. The van der Waals surface area contributed by atoms with Gasteiger partial charge in [0.15, 0.2) is 18.9 Å². The van der Waals surface area contributed by atoms with Crippen LogP contribution in [-0.4, -0.2) is 193 Å². The molecule has 3 aliphatic heterocycles. The number of ether oxygens (including phenoxy) is 6. The lowest BCUT2D eigenvalue weighted by atomic mass is 9.96. The number of carbonyl (C=O) groups is 1. The van der Waals surface area contributed by atoms with Gasteiger partial charge >= 0.3 is 0 Å². The number of carbonyl (C=O) groups excluding carboxylic acids is 1. The molecule has 3 rings (SSSR count). The molecular formula is C84H141NO18. The maximum atomic E-state index is 13.5. The van der Waals surface area contributed by atoms with Crippen molar-refractivity contribution in [2.24, 2.45) is 0 Å². The number of aliphatic hydroxyl groups excluding tert-OH is 11. The molecule has 1 amide bonds. The van der Waals surface area contributed by atoms with E-state index in [1.807, 2.05) is 6.08 Å². The van der Waals surface area contributed by atoms with Crippen molar-refractivity contribution in [3.8, 4) is 0 Å². The monoisotopic (exact) mass is 1450 g/mol. The van der Waals surface area contributed by atoms with Crippen molar-refractivity contribution in [1.29, 1.82) is 0 Å². The van der Waals surface area contributed by atoms with E-state index in [2.05, 4.69) is 141 Å². The van der Waals surface area contributed by atoms with Gasteiger partial charge in [-0.1, -0.05) is 276 Å². The molecule has 19 heteroatoms.